The number of nitrogens with one attached hydrogen (secondary N) is 1. The molecule has 0 saturated carbocycles. The maximum absolute atomic E-state index is 12.3. The van der Waals surface area contributed by atoms with Crippen molar-refractivity contribution >= 4 is 51.9 Å². The van der Waals surface area contributed by atoms with Gasteiger partial charge in [-0.1, -0.05) is 101 Å². The van der Waals surface area contributed by atoms with Gasteiger partial charge in [-0.05, 0) is 41.7 Å². The van der Waals surface area contributed by atoms with Crippen LogP contribution in [0, 0.1) is 0 Å². The SMILES string of the molecule is Br.CCCCCCCCCCCCCCOc1ccc(OCC(=O)Nc2ccc(CN3C=CSC3)cc2)cc1Cl. The van der Waals surface area contributed by atoms with Crippen molar-refractivity contribution in [1.82, 2.24) is 4.90 Å². The van der Waals surface area contributed by atoms with Crippen molar-refractivity contribution < 1.29 is 14.3 Å². The average molecular weight is 654 g/mol. The molecule has 2 aromatic carbocycles. The van der Waals surface area contributed by atoms with E-state index in [1.54, 1.807) is 23.9 Å². The van der Waals surface area contributed by atoms with Gasteiger partial charge >= 0.3 is 0 Å². The van der Waals surface area contributed by atoms with E-state index in [0.29, 0.717) is 23.1 Å². The standard InChI is InChI=1S/C32H45ClN2O3S.BrH/c1-2-3-4-5-6-7-8-9-10-11-12-13-21-37-31-19-18-29(23-30(31)33)38-25-32(36)34-28-16-14-27(15-17-28)24-35-20-22-39-26-35;/h14-20,22-23H,2-13,21,24-26H2,1H3,(H,34,36);1H. The van der Waals surface area contributed by atoms with Crippen LogP contribution in [0.15, 0.2) is 54.1 Å². The second-order valence-electron chi connectivity index (χ2n) is 10.2. The summed E-state index contributed by atoms with van der Waals surface area (Å²) in [7, 11) is 0. The molecule has 1 N–H and O–H groups in total. The van der Waals surface area contributed by atoms with E-state index in [-0.39, 0.29) is 29.5 Å². The van der Waals surface area contributed by atoms with Crippen LogP contribution < -0.4 is 14.8 Å². The van der Waals surface area contributed by atoms with Gasteiger partial charge in [0.25, 0.3) is 5.91 Å². The van der Waals surface area contributed by atoms with Crippen molar-refractivity contribution in [2.24, 2.45) is 0 Å². The van der Waals surface area contributed by atoms with E-state index in [1.165, 1.54) is 76.2 Å². The van der Waals surface area contributed by atoms with Crippen LogP contribution in [0.25, 0.3) is 0 Å². The van der Waals surface area contributed by atoms with E-state index in [1.807, 2.05) is 30.3 Å². The number of hydrogen-bond acceptors (Lipinski definition) is 5. The Bertz CT molecular complexity index is 1010. The summed E-state index contributed by atoms with van der Waals surface area (Å²) in [6.07, 6.45) is 17.9. The molecule has 0 spiro atoms. The number of nitrogens with zero attached hydrogens (tertiary/aromatic N) is 1. The summed E-state index contributed by atoms with van der Waals surface area (Å²) in [6.45, 7) is 3.70. The van der Waals surface area contributed by atoms with Gasteiger partial charge in [-0.2, -0.15) is 0 Å². The van der Waals surface area contributed by atoms with Crippen LogP contribution in [0.5, 0.6) is 11.5 Å². The highest BCUT2D eigenvalue weighted by molar-refractivity contribution is 8.93. The molecule has 1 aliphatic rings. The van der Waals surface area contributed by atoms with Gasteiger partial charge in [0.1, 0.15) is 11.5 Å². The summed E-state index contributed by atoms with van der Waals surface area (Å²) in [6, 6.07) is 13.2. The Hall–Kier alpha value is -1.83. The number of anilines is 1. The molecule has 5 nitrogen and oxygen atoms in total. The lowest BCUT2D eigenvalue weighted by molar-refractivity contribution is -0.118. The van der Waals surface area contributed by atoms with Crippen molar-refractivity contribution in [3.63, 3.8) is 0 Å². The largest absolute Gasteiger partial charge is 0.492 e. The third kappa shape index (κ3) is 14.2. The molecule has 222 valence electrons. The number of amides is 1. The molecule has 1 amide bonds. The van der Waals surface area contributed by atoms with Crippen molar-refractivity contribution in [3.8, 4) is 11.5 Å². The van der Waals surface area contributed by atoms with Crippen LogP contribution in [-0.2, 0) is 11.3 Å². The maximum atomic E-state index is 12.3. The summed E-state index contributed by atoms with van der Waals surface area (Å²) < 4.78 is 11.5. The van der Waals surface area contributed by atoms with Crippen molar-refractivity contribution in [2.75, 3.05) is 24.4 Å². The lowest BCUT2D eigenvalue weighted by atomic mass is 10.1. The summed E-state index contributed by atoms with van der Waals surface area (Å²) in [5.41, 5.74) is 1.95. The molecule has 1 heterocycles. The van der Waals surface area contributed by atoms with Crippen molar-refractivity contribution in [2.45, 2.75) is 90.5 Å². The first-order valence-electron chi connectivity index (χ1n) is 14.6. The second kappa shape index (κ2) is 21.0. The number of halogens is 2. The Kier molecular flexibility index (Phi) is 18.0. The van der Waals surface area contributed by atoms with Gasteiger partial charge in [-0.15, -0.1) is 28.7 Å². The zero-order chi connectivity index (χ0) is 27.5. The maximum Gasteiger partial charge on any atom is 0.262 e. The van der Waals surface area contributed by atoms with E-state index in [0.717, 1.165) is 24.5 Å². The normalized spacial score (nSPS) is 12.3. The van der Waals surface area contributed by atoms with Gasteiger partial charge in [-0.3, -0.25) is 4.79 Å². The number of ether oxygens (including phenoxy) is 2. The van der Waals surface area contributed by atoms with Gasteiger partial charge in [0.15, 0.2) is 6.61 Å². The molecule has 40 heavy (non-hydrogen) atoms. The summed E-state index contributed by atoms with van der Waals surface area (Å²) in [5, 5.41) is 5.47. The predicted octanol–water partition coefficient (Wildman–Crippen LogP) is 9.99. The molecule has 0 radical (unpaired) electrons. The molecule has 1 aliphatic heterocycles. The highest BCUT2D eigenvalue weighted by atomic mass is 79.9. The highest BCUT2D eigenvalue weighted by Crippen LogP contribution is 2.29. The second-order valence-corrected chi connectivity index (χ2v) is 11.5. The fourth-order valence-electron chi connectivity index (χ4n) is 4.50. The molecule has 3 rings (SSSR count). The molecule has 8 heteroatoms. The molecule has 0 aromatic heterocycles. The van der Waals surface area contributed by atoms with E-state index < -0.39 is 0 Å². The number of thioether (sulfide) groups is 1. The van der Waals surface area contributed by atoms with Gasteiger partial charge in [0, 0.05) is 24.5 Å². The van der Waals surface area contributed by atoms with E-state index >= 15 is 0 Å². The Morgan fingerprint density at radius 2 is 1.55 bits per heavy atom. The molecule has 0 aliphatic carbocycles. The molecule has 0 saturated heterocycles. The molecular weight excluding hydrogens is 608 g/mol. The highest BCUT2D eigenvalue weighted by Gasteiger charge is 2.09. The fraction of sp³-hybridized carbons (Fsp3) is 0.531. The Balaban J connectivity index is 0.00000560. The number of benzene rings is 2. The minimum absolute atomic E-state index is 0. The Morgan fingerprint density at radius 1 is 0.900 bits per heavy atom. The number of rotatable bonds is 20. The quantitative estimate of drug-likeness (QED) is 0.144. The lowest BCUT2D eigenvalue weighted by Gasteiger charge is -2.15. The number of unbranched alkanes of at least 4 members (excludes halogenated alkanes) is 11. The zero-order valence-corrected chi connectivity index (χ0v) is 27.2. The van der Waals surface area contributed by atoms with Crippen LogP contribution in [0.4, 0.5) is 5.69 Å². The molecule has 0 bridgehead atoms. The van der Waals surface area contributed by atoms with Crippen molar-refractivity contribution in [1.29, 1.82) is 0 Å². The number of carbonyl (C=O) groups is 1. The first-order valence-corrected chi connectivity index (χ1v) is 16.0. The summed E-state index contributed by atoms with van der Waals surface area (Å²) >= 11 is 8.17. The first kappa shape index (κ1) is 34.4. The van der Waals surface area contributed by atoms with Crippen LogP contribution in [0.1, 0.15) is 89.5 Å². The first-order chi connectivity index (χ1) is 19.1. The molecule has 0 fully saturated rings. The van der Waals surface area contributed by atoms with Gasteiger partial charge in [0.2, 0.25) is 0 Å². The molecule has 0 unspecified atom stereocenters. The minimum atomic E-state index is -0.218. The van der Waals surface area contributed by atoms with E-state index in [9.17, 15) is 4.79 Å². The third-order valence-electron chi connectivity index (χ3n) is 6.76. The van der Waals surface area contributed by atoms with Gasteiger partial charge < -0.3 is 19.7 Å². The third-order valence-corrected chi connectivity index (χ3v) is 7.85. The minimum Gasteiger partial charge on any atom is -0.492 e. The summed E-state index contributed by atoms with van der Waals surface area (Å²) in [4.78, 5) is 14.6. The monoisotopic (exact) mass is 652 g/mol. The van der Waals surface area contributed by atoms with E-state index in [2.05, 4.69) is 28.7 Å². The zero-order valence-electron chi connectivity index (χ0n) is 23.9. The lowest BCUT2D eigenvalue weighted by Crippen LogP contribution is -2.20. The Labute approximate surface area is 261 Å². The molecule has 0 atom stereocenters. The smallest absolute Gasteiger partial charge is 0.262 e. The predicted molar refractivity (Wildman–Crippen MR) is 176 cm³/mol. The van der Waals surface area contributed by atoms with Crippen LogP contribution in [-0.4, -0.2) is 29.9 Å². The van der Waals surface area contributed by atoms with Crippen molar-refractivity contribution in [3.05, 3.63) is 64.7 Å². The average Bonchev–Trinajstić information content (AvgIpc) is 3.45. The van der Waals surface area contributed by atoms with Crippen LogP contribution in [0.3, 0.4) is 0 Å². The number of carbonyl (C=O) groups excluding carboxylic acids is 1. The van der Waals surface area contributed by atoms with Crippen LogP contribution >= 0.6 is 40.3 Å². The Morgan fingerprint density at radius 3 is 2.15 bits per heavy atom. The fourth-order valence-corrected chi connectivity index (χ4v) is 5.43. The topological polar surface area (TPSA) is 50.8 Å². The van der Waals surface area contributed by atoms with E-state index in [4.69, 9.17) is 21.1 Å². The molecular formula is C32H46BrClN2O3S. The molecule has 2 aromatic rings. The number of hydrogen-bond donors (Lipinski definition) is 1. The van der Waals surface area contributed by atoms with Crippen LogP contribution in [0.2, 0.25) is 5.02 Å². The van der Waals surface area contributed by atoms with Gasteiger partial charge in [0.05, 0.1) is 17.5 Å². The summed E-state index contributed by atoms with van der Waals surface area (Å²) in [5.74, 6) is 1.95. The van der Waals surface area contributed by atoms with Gasteiger partial charge in [-0.25, -0.2) is 0 Å².